The Labute approximate surface area is 133 Å². The number of carbonyl (C=O) groups is 1. The molecule has 1 aromatic rings. The summed E-state index contributed by atoms with van der Waals surface area (Å²) in [6.07, 6.45) is 2.54. The molecule has 0 aliphatic carbocycles. The molecule has 5 heteroatoms. The van der Waals surface area contributed by atoms with E-state index < -0.39 is 0 Å². The predicted molar refractivity (Wildman–Crippen MR) is 88.8 cm³/mol. The first-order valence-corrected chi connectivity index (χ1v) is 7.51. The van der Waals surface area contributed by atoms with E-state index >= 15 is 0 Å². The van der Waals surface area contributed by atoms with E-state index in [2.05, 4.69) is 17.1 Å². The van der Waals surface area contributed by atoms with Crippen LogP contribution in [0.1, 0.15) is 35.7 Å². The van der Waals surface area contributed by atoms with Crippen molar-refractivity contribution in [2.24, 2.45) is 11.7 Å². The maximum absolute atomic E-state index is 11.0. The van der Waals surface area contributed by atoms with Gasteiger partial charge in [0.25, 0.3) is 0 Å². The minimum Gasteiger partial charge on any atom is -0.366 e. The topological polar surface area (TPSA) is 58.4 Å². The number of benzene rings is 1. The second-order valence-corrected chi connectivity index (χ2v) is 5.59. The molecule has 1 amide bonds. The highest BCUT2D eigenvalue weighted by atomic mass is 35.5. The molecule has 0 aromatic heterocycles. The van der Waals surface area contributed by atoms with Crippen LogP contribution in [-0.2, 0) is 6.54 Å². The van der Waals surface area contributed by atoms with Crippen molar-refractivity contribution in [1.29, 1.82) is 0 Å². The number of carbonyl (C=O) groups excluding carboxylic acids is 1. The molecular weight excluding hydrogens is 286 g/mol. The standard InChI is InChI=1S/C16H25N3O.ClH/c1-2-18-11-13-7-9-19(10-8-13)12-14-3-5-15(6-4-14)16(17)20;/h3-6,13,18H,2,7-12H2,1H3,(H2,17,20);1H. The van der Waals surface area contributed by atoms with E-state index in [1.54, 1.807) is 0 Å². The summed E-state index contributed by atoms with van der Waals surface area (Å²) in [5.74, 6) is 0.462. The first kappa shape index (κ1) is 18.0. The number of primary amides is 1. The minimum absolute atomic E-state index is 0. The maximum atomic E-state index is 11.0. The van der Waals surface area contributed by atoms with Gasteiger partial charge in [0, 0.05) is 12.1 Å². The van der Waals surface area contributed by atoms with Crippen LogP contribution in [0.2, 0.25) is 0 Å². The number of nitrogens with zero attached hydrogens (tertiary/aromatic N) is 1. The fourth-order valence-corrected chi connectivity index (χ4v) is 2.73. The Kier molecular flexibility index (Phi) is 7.72. The summed E-state index contributed by atoms with van der Waals surface area (Å²) in [6, 6.07) is 7.64. The molecule has 0 unspecified atom stereocenters. The summed E-state index contributed by atoms with van der Waals surface area (Å²) < 4.78 is 0. The number of piperidine rings is 1. The third-order valence-corrected chi connectivity index (χ3v) is 4.03. The third-order valence-electron chi connectivity index (χ3n) is 4.03. The highest BCUT2D eigenvalue weighted by molar-refractivity contribution is 5.92. The summed E-state index contributed by atoms with van der Waals surface area (Å²) in [4.78, 5) is 13.5. The molecule has 1 aliphatic heterocycles. The molecular formula is C16H26ClN3O. The van der Waals surface area contributed by atoms with E-state index in [9.17, 15) is 4.79 Å². The largest absolute Gasteiger partial charge is 0.366 e. The van der Waals surface area contributed by atoms with Gasteiger partial charge in [0.05, 0.1) is 0 Å². The second-order valence-electron chi connectivity index (χ2n) is 5.59. The normalized spacial score (nSPS) is 16.4. The summed E-state index contributed by atoms with van der Waals surface area (Å²) >= 11 is 0. The van der Waals surface area contributed by atoms with Crippen molar-refractivity contribution in [2.75, 3.05) is 26.2 Å². The van der Waals surface area contributed by atoms with E-state index in [1.807, 2.05) is 24.3 Å². The van der Waals surface area contributed by atoms with Crippen LogP contribution in [0, 0.1) is 5.92 Å². The minimum atomic E-state index is -0.360. The molecule has 1 saturated heterocycles. The molecule has 1 aliphatic rings. The molecule has 3 N–H and O–H groups in total. The zero-order valence-electron chi connectivity index (χ0n) is 12.7. The molecule has 2 rings (SSSR count). The first-order valence-electron chi connectivity index (χ1n) is 7.51. The monoisotopic (exact) mass is 311 g/mol. The summed E-state index contributed by atoms with van der Waals surface area (Å²) in [5.41, 5.74) is 7.08. The Balaban J connectivity index is 0.00000220. The Morgan fingerprint density at radius 3 is 2.43 bits per heavy atom. The maximum Gasteiger partial charge on any atom is 0.248 e. The van der Waals surface area contributed by atoms with Crippen LogP contribution in [0.4, 0.5) is 0 Å². The third kappa shape index (κ3) is 5.65. The van der Waals surface area contributed by atoms with Crippen LogP contribution < -0.4 is 11.1 Å². The molecule has 0 radical (unpaired) electrons. The highest BCUT2D eigenvalue weighted by Crippen LogP contribution is 2.18. The van der Waals surface area contributed by atoms with Gasteiger partial charge in [0.1, 0.15) is 0 Å². The van der Waals surface area contributed by atoms with Crippen molar-refractivity contribution >= 4 is 18.3 Å². The number of nitrogens with two attached hydrogens (primary N) is 1. The van der Waals surface area contributed by atoms with Gasteiger partial charge >= 0.3 is 0 Å². The van der Waals surface area contributed by atoms with E-state index in [0.29, 0.717) is 5.56 Å². The van der Waals surface area contributed by atoms with Crippen LogP contribution >= 0.6 is 12.4 Å². The lowest BCUT2D eigenvalue weighted by atomic mass is 9.96. The van der Waals surface area contributed by atoms with E-state index in [0.717, 1.165) is 38.6 Å². The van der Waals surface area contributed by atoms with Crippen LogP contribution in [0.15, 0.2) is 24.3 Å². The molecule has 4 nitrogen and oxygen atoms in total. The van der Waals surface area contributed by atoms with Crippen LogP contribution in [0.25, 0.3) is 0 Å². The van der Waals surface area contributed by atoms with Gasteiger partial charge in [-0.2, -0.15) is 0 Å². The lowest BCUT2D eigenvalue weighted by Gasteiger charge is -2.32. The Morgan fingerprint density at radius 2 is 1.90 bits per heavy atom. The molecule has 1 heterocycles. The molecule has 0 atom stereocenters. The Bertz CT molecular complexity index is 428. The van der Waals surface area contributed by atoms with Crippen molar-refractivity contribution in [1.82, 2.24) is 10.2 Å². The van der Waals surface area contributed by atoms with Crippen molar-refractivity contribution in [2.45, 2.75) is 26.3 Å². The van der Waals surface area contributed by atoms with E-state index in [-0.39, 0.29) is 18.3 Å². The van der Waals surface area contributed by atoms with Gasteiger partial charge in [-0.05, 0) is 62.6 Å². The van der Waals surface area contributed by atoms with Crippen molar-refractivity contribution in [3.05, 3.63) is 35.4 Å². The summed E-state index contributed by atoms with van der Waals surface area (Å²) in [6.45, 7) is 7.66. The number of rotatable bonds is 6. The predicted octanol–water partition coefficient (Wildman–Crippen LogP) is 2.03. The number of amides is 1. The number of nitrogens with one attached hydrogen (secondary N) is 1. The van der Waals surface area contributed by atoms with Gasteiger partial charge in [-0.3, -0.25) is 9.69 Å². The van der Waals surface area contributed by atoms with Crippen LogP contribution in [0.3, 0.4) is 0 Å². The molecule has 0 bridgehead atoms. The smallest absolute Gasteiger partial charge is 0.248 e. The number of hydrogen-bond donors (Lipinski definition) is 2. The number of likely N-dealkylation sites (tertiary alicyclic amines) is 1. The molecule has 1 aromatic carbocycles. The molecule has 0 spiro atoms. The van der Waals surface area contributed by atoms with Gasteiger partial charge in [0.15, 0.2) is 0 Å². The molecule has 1 fully saturated rings. The Morgan fingerprint density at radius 1 is 1.29 bits per heavy atom. The second kappa shape index (κ2) is 9.03. The molecule has 118 valence electrons. The Hall–Kier alpha value is -1.10. The average Bonchev–Trinajstić information content (AvgIpc) is 2.47. The highest BCUT2D eigenvalue weighted by Gasteiger charge is 2.18. The zero-order valence-corrected chi connectivity index (χ0v) is 13.5. The zero-order chi connectivity index (χ0) is 14.4. The fraction of sp³-hybridized carbons (Fsp3) is 0.562. The van der Waals surface area contributed by atoms with Crippen molar-refractivity contribution in [3.63, 3.8) is 0 Å². The van der Waals surface area contributed by atoms with Gasteiger partial charge in [-0.25, -0.2) is 0 Å². The fourth-order valence-electron chi connectivity index (χ4n) is 2.73. The summed E-state index contributed by atoms with van der Waals surface area (Å²) in [7, 11) is 0. The van der Waals surface area contributed by atoms with Gasteiger partial charge in [0.2, 0.25) is 5.91 Å². The van der Waals surface area contributed by atoms with Gasteiger partial charge in [-0.15, -0.1) is 12.4 Å². The molecule has 0 saturated carbocycles. The van der Waals surface area contributed by atoms with Crippen molar-refractivity contribution < 1.29 is 4.79 Å². The first-order chi connectivity index (χ1) is 9.69. The van der Waals surface area contributed by atoms with Gasteiger partial charge < -0.3 is 11.1 Å². The SMILES string of the molecule is CCNCC1CCN(Cc2ccc(C(N)=O)cc2)CC1.Cl. The molecule has 21 heavy (non-hydrogen) atoms. The quantitative estimate of drug-likeness (QED) is 0.845. The van der Waals surface area contributed by atoms with E-state index in [4.69, 9.17) is 5.73 Å². The lowest BCUT2D eigenvalue weighted by Crippen LogP contribution is -2.36. The van der Waals surface area contributed by atoms with E-state index in [1.165, 1.54) is 18.4 Å². The van der Waals surface area contributed by atoms with Gasteiger partial charge in [-0.1, -0.05) is 19.1 Å². The van der Waals surface area contributed by atoms with Crippen molar-refractivity contribution in [3.8, 4) is 0 Å². The number of hydrogen-bond acceptors (Lipinski definition) is 3. The summed E-state index contributed by atoms with van der Waals surface area (Å²) in [5, 5.41) is 3.44. The number of halogens is 1. The van der Waals surface area contributed by atoms with Crippen LogP contribution in [0.5, 0.6) is 0 Å². The van der Waals surface area contributed by atoms with Crippen LogP contribution in [-0.4, -0.2) is 37.0 Å². The average molecular weight is 312 g/mol. The lowest BCUT2D eigenvalue weighted by molar-refractivity contribution is 0.1000.